The summed E-state index contributed by atoms with van der Waals surface area (Å²) >= 11 is 0. The zero-order chi connectivity index (χ0) is 29.6. The number of anilines is 2. The second-order valence-electron chi connectivity index (χ2n) is 11.8. The van der Waals surface area contributed by atoms with E-state index in [9.17, 15) is 19.6 Å². The van der Waals surface area contributed by atoms with Gasteiger partial charge in [0, 0.05) is 44.3 Å². The summed E-state index contributed by atoms with van der Waals surface area (Å²) < 4.78 is 26.3. The first-order chi connectivity index (χ1) is 20.9. The lowest BCUT2D eigenvalue weighted by atomic mass is 9.95. The van der Waals surface area contributed by atoms with Crippen LogP contribution in [0.1, 0.15) is 47.3 Å². The van der Waals surface area contributed by atoms with E-state index in [-0.39, 0.29) is 29.8 Å². The van der Waals surface area contributed by atoms with E-state index in [1.54, 1.807) is 41.3 Å². The first-order valence-corrected chi connectivity index (χ1v) is 14.8. The largest absolute Gasteiger partial charge is 0.508 e. The van der Waals surface area contributed by atoms with Gasteiger partial charge in [-0.2, -0.15) is 15.2 Å². The molecule has 4 aliphatic rings. The van der Waals surface area contributed by atoms with Crippen LogP contribution in [0.25, 0.3) is 11.1 Å². The van der Waals surface area contributed by atoms with Gasteiger partial charge in [-0.05, 0) is 55.6 Å². The van der Waals surface area contributed by atoms with Crippen molar-refractivity contribution in [2.24, 2.45) is 0 Å². The summed E-state index contributed by atoms with van der Waals surface area (Å²) in [7, 11) is 0. The van der Waals surface area contributed by atoms with Crippen molar-refractivity contribution in [3.63, 3.8) is 0 Å². The number of fused-ring (bicyclic) bond motifs is 2. The molecule has 0 saturated carbocycles. The van der Waals surface area contributed by atoms with Crippen molar-refractivity contribution < 1.29 is 23.8 Å². The number of halogens is 1. The number of phenols is 1. The highest BCUT2D eigenvalue weighted by atomic mass is 19.1. The van der Waals surface area contributed by atoms with Crippen LogP contribution in [0.2, 0.25) is 0 Å². The van der Waals surface area contributed by atoms with Crippen molar-refractivity contribution in [3.8, 4) is 29.0 Å². The van der Waals surface area contributed by atoms with E-state index in [2.05, 4.69) is 15.9 Å². The Labute approximate surface area is 249 Å². The Morgan fingerprint density at radius 1 is 1.14 bits per heavy atom. The molecule has 4 aliphatic heterocycles. The lowest BCUT2D eigenvalue weighted by molar-refractivity contribution is 0.0995. The molecule has 0 unspecified atom stereocenters. The fraction of sp³-hybridized carbons (Fsp3) is 0.438. The highest BCUT2D eigenvalue weighted by molar-refractivity contribution is 6.14. The van der Waals surface area contributed by atoms with Gasteiger partial charge >= 0.3 is 6.01 Å². The van der Waals surface area contributed by atoms with Crippen LogP contribution in [-0.2, 0) is 11.3 Å². The SMILES string of the molecule is N#Cc1cccc(-c2ccc(O)cc2N2Cc3nc(OC[C@@]45CCCN4C[C@H](F)C5)nc(N4CCCOCC4)c3C2=O)c1. The van der Waals surface area contributed by atoms with Crippen molar-refractivity contribution in [1.82, 2.24) is 14.9 Å². The van der Waals surface area contributed by atoms with E-state index in [4.69, 9.17) is 19.4 Å². The van der Waals surface area contributed by atoms with Gasteiger partial charge in [-0.3, -0.25) is 9.69 Å². The Morgan fingerprint density at radius 2 is 2.05 bits per heavy atom. The highest BCUT2D eigenvalue weighted by Crippen LogP contribution is 2.42. The number of aromatic nitrogens is 2. The van der Waals surface area contributed by atoms with E-state index >= 15 is 0 Å². The van der Waals surface area contributed by atoms with Crippen LogP contribution in [-0.4, -0.2) is 83.6 Å². The van der Waals surface area contributed by atoms with Gasteiger partial charge in [-0.25, -0.2) is 4.39 Å². The number of phenolic OH excluding ortho intramolecular Hbond substituents is 1. The number of carbonyl (C=O) groups excluding carboxylic acids is 1. The molecule has 2 atom stereocenters. The van der Waals surface area contributed by atoms with Crippen molar-refractivity contribution in [2.75, 3.05) is 55.8 Å². The number of ether oxygens (including phenoxy) is 2. The maximum atomic E-state index is 14.4. The van der Waals surface area contributed by atoms with E-state index in [1.165, 1.54) is 0 Å². The number of benzene rings is 2. The monoisotopic (exact) mass is 584 g/mol. The summed E-state index contributed by atoms with van der Waals surface area (Å²) in [4.78, 5) is 29.5. The number of aromatic hydroxyl groups is 1. The average molecular weight is 585 g/mol. The van der Waals surface area contributed by atoms with E-state index in [0.29, 0.717) is 79.8 Å². The zero-order valence-corrected chi connectivity index (χ0v) is 23.8. The van der Waals surface area contributed by atoms with Crippen molar-refractivity contribution in [2.45, 2.75) is 43.9 Å². The zero-order valence-electron chi connectivity index (χ0n) is 23.8. The Morgan fingerprint density at radius 3 is 2.93 bits per heavy atom. The van der Waals surface area contributed by atoms with Gasteiger partial charge < -0.3 is 24.4 Å². The molecule has 11 heteroatoms. The predicted molar refractivity (Wildman–Crippen MR) is 157 cm³/mol. The van der Waals surface area contributed by atoms with Crippen LogP contribution in [0.5, 0.6) is 11.8 Å². The summed E-state index contributed by atoms with van der Waals surface area (Å²) in [5.41, 5.74) is 3.03. The number of carbonyl (C=O) groups is 1. The summed E-state index contributed by atoms with van der Waals surface area (Å²) in [6, 6.07) is 14.4. The fourth-order valence-electron chi connectivity index (χ4n) is 7.00. The lowest BCUT2D eigenvalue weighted by Crippen LogP contribution is -2.43. The summed E-state index contributed by atoms with van der Waals surface area (Å²) in [6.07, 6.45) is 2.23. The second kappa shape index (κ2) is 11.1. The lowest BCUT2D eigenvalue weighted by Gasteiger charge is -2.31. The van der Waals surface area contributed by atoms with Gasteiger partial charge in [-0.15, -0.1) is 0 Å². The van der Waals surface area contributed by atoms with Crippen LogP contribution < -0.4 is 14.5 Å². The molecule has 43 heavy (non-hydrogen) atoms. The summed E-state index contributed by atoms with van der Waals surface area (Å²) in [5.74, 6) is 0.241. The molecule has 0 spiro atoms. The Bertz CT molecular complexity index is 1600. The Hall–Kier alpha value is -4.27. The molecule has 1 N–H and O–H groups in total. The van der Waals surface area contributed by atoms with Crippen molar-refractivity contribution in [3.05, 3.63) is 59.3 Å². The van der Waals surface area contributed by atoms with E-state index in [1.807, 2.05) is 6.07 Å². The maximum absolute atomic E-state index is 14.4. The third-order valence-corrected chi connectivity index (χ3v) is 9.04. The number of nitriles is 1. The number of nitrogens with zero attached hydrogens (tertiary/aromatic N) is 6. The average Bonchev–Trinajstić information content (AvgIpc) is 3.55. The van der Waals surface area contributed by atoms with Crippen LogP contribution in [0, 0.1) is 11.3 Å². The van der Waals surface area contributed by atoms with Crippen LogP contribution in [0.15, 0.2) is 42.5 Å². The molecule has 3 saturated heterocycles. The third kappa shape index (κ3) is 5.04. The van der Waals surface area contributed by atoms with Crippen LogP contribution in [0.3, 0.4) is 0 Å². The van der Waals surface area contributed by atoms with Crippen LogP contribution >= 0.6 is 0 Å². The highest BCUT2D eigenvalue weighted by Gasteiger charge is 2.49. The minimum atomic E-state index is -0.867. The van der Waals surface area contributed by atoms with Gasteiger partial charge in [-0.1, -0.05) is 12.1 Å². The standard InChI is InChI=1S/C32H33FN6O4/c33-23-16-32(8-2-10-38(32)18-23)20-43-31-35-26-19-39(30(41)28(26)29(36-31)37-9-3-12-42-13-11-37)27-15-24(40)6-7-25(27)22-5-1-4-21(14-22)17-34/h1,4-7,14-15,23,40H,2-3,8-13,16,18-20H2/t23-,32+/m1/s1. The van der Waals surface area contributed by atoms with Crippen molar-refractivity contribution in [1.29, 1.82) is 5.26 Å². The molecule has 1 aromatic heterocycles. The molecule has 0 radical (unpaired) electrons. The minimum Gasteiger partial charge on any atom is -0.508 e. The molecule has 3 aromatic rings. The second-order valence-corrected chi connectivity index (χ2v) is 11.8. The quantitative estimate of drug-likeness (QED) is 0.458. The molecule has 0 aliphatic carbocycles. The molecule has 5 heterocycles. The molecule has 0 bridgehead atoms. The first kappa shape index (κ1) is 27.6. The number of hydrogen-bond acceptors (Lipinski definition) is 9. The van der Waals surface area contributed by atoms with E-state index in [0.717, 1.165) is 31.4 Å². The molecule has 10 nitrogen and oxygen atoms in total. The molecule has 3 fully saturated rings. The molecule has 222 valence electrons. The topological polar surface area (TPSA) is 115 Å². The van der Waals surface area contributed by atoms with Gasteiger partial charge in [0.2, 0.25) is 0 Å². The number of hydrogen-bond donors (Lipinski definition) is 1. The maximum Gasteiger partial charge on any atom is 0.318 e. The van der Waals surface area contributed by atoms with Gasteiger partial charge in [0.1, 0.15) is 29.9 Å². The molecular formula is C32H33FN6O4. The van der Waals surface area contributed by atoms with Gasteiger partial charge in [0.05, 0.1) is 41.7 Å². The normalized spacial score (nSPS) is 23.6. The predicted octanol–water partition coefficient (Wildman–Crippen LogP) is 4.06. The smallest absolute Gasteiger partial charge is 0.318 e. The number of amides is 1. The van der Waals surface area contributed by atoms with Gasteiger partial charge in [0.15, 0.2) is 0 Å². The number of alkyl halides is 1. The number of rotatable bonds is 6. The summed E-state index contributed by atoms with van der Waals surface area (Å²) in [6.45, 7) is 4.10. The van der Waals surface area contributed by atoms with Crippen molar-refractivity contribution >= 4 is 17.4 Å². The minimum absolute atomic E-state index is 0.0158. The van der Waals surface area contributed by atoms with Crippen LogP contribution in [0.4, 0.5) is 15.9 Å². The molecule has 7 rings (SSSR count). The fourth-order valence-corrected chi connectivity index (χ4v) is 7.00. The summed E-state index contributed by atoms with van der Waals surface area (Å²) in [5, 5.41) is 19.9. The van der Waals surface area contributed by atoms with Gasteiger partial charge in [0.25, 0.3) is 5.91 Å². The third-order valence-electron chi connectivity index (χ3n) is 9.04. The first-order valence-electron chi connectivity index (χ1n) is 14.8. The Balaban J connectivity index is 1.26. The molecule has 2 aromatic carbocycles. The molecule has 1 amide bonds. The van der Waals surface area contributed by atoms with E-state index < -0.39 is 6.17 Å². The Kier molecular flexibility index (Phi) is 7.11. The molecular weight excluding hydrogens is 551 g/mol.